The van der Waals surface area contributed by atoms with Crippen LogP contribution in [0.15, 0.2) is 35.7 Å². The fourth-order valence-corrected chi connectivity index (χ4v) is 4.87. The summed E-state index contributed by atoms with van der Waals surface area (Å²) in [5.74, 6) is -1.04. The summed E-state index contributed by atoms with van der Waals surface area (Å²) in [5, 5.41) is 10.1. The van der Waals surface area contributed by atoms with Crippen molar-refractivity contribution in [2.75, 3.05) is 17.2 Å². The maximum Gasteiger partial charge on any atom is 0.325 e. The van der Waals surface area contributed by atoms with Gasteiger partial charge in [0.2, 0.25) is 11.8 Å². The van der Waals surface area contributed by atoms with Crippen molar-refractivity contribution in [1.82, 2.24) is 10.2 Å². The third-order valence-electron chi connectivity index (χ3n) is 5.13. The lowest BCUT2D eigenvalue weighted by Gasteiger charge is -2.31. The number of imide groups is 1. The Morgan fingerprint density at radius 3 is 2.52 bits per heavy atom. The fourth-order valence-electron chi connectivity index (χ4n) is 3.87. The SMILES string of the molecule is CC(=O)Nc1ccc(NC(=O)CN2C(=O)N[C@]3(CCCc4sccc43)C2=O)cc1. The highest BCUT2D eigenvalue weighted by Crippen LogP contribution is 2.42. The zero-order valence-corrected chi connectivity index (χ0v) is 16.6. The van der Waals surface area contributed by atoms with Gasteiger partial charge in [0.05, 0.1) is 0 Å². The van der Waals surface area contributed by atoms with Gasteiger partial charge in [0.25, 0.3) is 5.91 Å². The van der Waals surface area contributed by atoms with Gasteiger partial charge in [0.15, 0.2) is 0 Å². The zero-order chi connectivity index (χ0) is 20.6. The van der Waals surface area contributed by atoms with Gasteiger partial charge in [-0.25, -0.2) is 4.79 Å². The summed E-state index contributed by atoms with van der Waals surface area (Å²) in [4.78, 5) is 51.2. The van der Waals surface area contributed by atoms with Gasteiger partial charge in [-0.2, -0.15) is 0 Å². The maximum atomic E-state index is 13.1. The summed E-state index contributed by atoms with van der Waals surface area (Å²) in [6.07, 6.45) is 2.23. The minimum absolute atomic E-state index is 0.189. The molecule has 1 aromatic carbocycles. The van der Waals surface area contributed by atoms with Crippen molar-refractivity contribution >= 4 is 46.5 Å². The number of nitrogens with zero attached hydrogens (tertiary/aromatic N) is 1. The van der Waals surface area contributed by atoms with Crippen molar-refractivity contribution in [2.24, 2.45) is 0 Å². The van der Waals surface area contributed by atoms with E-state index in [2.05, 4.69) is 16.0 Å². The summed E-state index contributed by atoms with van der Waals surface area (Å²) in [5.41, 5.74) is 0.910. The third-order valence-corrected chi connectivity index (χ3v) is 6.11. The van der Waals surface area contributed by atoms with E-state index < -0.39 is 17.5 Å². The van der Waals surface area contributed by atoms with Crippen LogP contribution >= 0.6 is 11.3 Å². The van der Waals surface area contributed by atoms with Crippen molar-refractivity contribution in [3.8, 4) is 0 Å². The molecule has 1 aliphatic carbocycles. The zero-order valence-electron chi connectivity index (χ0n) is 15.8. The maximum absolute atomic E-state index is 13.1. The molecule has 29 heavy (non-hydrogen) atoms. The van der Waals surface area contributed by atoms with E-state index in [9.17, 15) is 19.2 Å². The molecule has 2 heterocycles. The molecule has 0 radical (unpaired) electrons. The number of benzene rings is 1. The smallest absolute Gasteiger partial charge is 0.325 e. The van der Waals surface area contributed by atoms with Gasteiger partial charge in [-0.15, -0.1) is 11.3 Å². The van der Waals surface area contributed by atoms with E-state index in [1.54, 1.807) is 35.6 Å². The minimum atomic E-state index is -1.05. The van der Waals surface area contributed by atoms with E-state index in [0.29, 0.717) is 17.8 Å². The van der Waals surface area contributed by atoms with Crippen LogP contribution in [0.1, 0.15) is 30.2 Å². The van der Waals surface area contributed by atoms with Crippen molar-refractivity contribution in [3.63, 3.8) is 0 Å². The predicted molar refractivity (Wildman–Crippen MR) is 109 cm³/mol. The van der Waals surface area contributed by atoms with E-state index >= 15 is 0 Å². The molecule has 2 aliphatic rings. The molecule has 0 saturated carbocycles. The average Bonchev–Trinajstić information content (AvgIpc) is 3.24. The number of nitrogens with one attached hydrogen (secondary N) is 3. The van der Waals surface area contributed by atoms with Crippen molar-refractivity contribution in [3.05, 3.63) is 46.2 Å². The van der Waals surface area contributed by atoms with Crippen molar-refractivity contribution in [1.29, 1.82) is 0 Å². The summed E-state index contributed by atoms with van der Waals surface area (Å²) < 4.78 is 0. The average molecular weight is 412 g/mol. The highest BCUT2D eigenvalue weighted by atomic mass is 32.1. The molecule has 1 atom stereocenters. The quantitative estimate of drug-likeness (QED) is 0.670. The first kappa shape index (κ1) is 19.1. The Kier molecular flexibility index (Phi) is 4.83. The van der Waals surface area contributed by atoms with E-state index in [0.717, 1.165) is 28.2 Å². The number of rotatable bonds is 4. The first-order valence-electron chi connectivity index (χ1n) is 9.27. The monoisotopic (exact) mass is 412 g/mol. The molecule has 0 unspecified atom stereocenters. The van der Waals surface area contributed by atoms with Gasteiger partial charge >= 0.3 is 6.03 Å². The third kappa shape index (κ3) is 3.49. The first-order valence-corrected chi connectivity index (χ1v) is 10.2. The number of carbonyl (C=O) groups excluding carboxylic acids is 4. The van der Waals surface area contributed by atoms with Crippen LogP contribution in [0.4, 0.5) is 16.2 Å². The number of urea groups is 1. The number of aryl methyl sites for hydroxylation is 1. The molecule has 4 rings (SSSR count). The highest BCUT2D eigenvalue weighted by Gasteiger charge is 2.54. The van der Waals surface area contributed by atoms with Gasteiger partial charge in [0.1, 0.15) is 12.1 Å². The molecule has 2 aromatic rings. The van der Waals surface area contributed by atoms with E-state index in [4.69, 9.17) is 0 Å². The van der Waals surface area contributed by atoms with E-state index in [1.807, 2.05) is 11.4 Å². The Morgan fingerprint density at radius 1 is 1.14 bits per heavy atom. The molecular weight excluding hydrogens is 392 g/mol. The highest BCUT2D eigenvalue weighted by molar-refractivity contribution is 7.10. The Balaban J connectivity index is 1.45. The fraction of sp³-hybridized carbons (Fsp3) is 0.300. The summed E-state index contributed by atoms with van der Waals surface area (Å²) in [6.45, 7) is 1.05. The Morgan fingerprint density at radius 2 is 1.83 bits per heavy atom. The lowest BCUT2D eigenvalue weighted by Crippen LogP contribution is -2.46. The van der Waals surface area contributed by atoms with Crippen molar-refractivity contribution in [2.45, 2.75) is 31.7 Å². The summed E-state index contributed by atoms with van der Waals surface area (Å²) in [7, 11) is 0. The number of amides is 5. The molecule has 5 amide bonds. The van der Waals surface area contributed by atoms with Crippen LogP contribution in [0.5, 0.6) is 0 Å². The molecule has 1 aliphatic heterocycles. The Hall–Kier alpha value is -3.20. The summed E-state index contributed by atoms with van der Waals surface area (Å²) >= 11 is 1.58. The van der Waals surface area contributed by atoms with E-state index in [-0.39, 0.29) is 18.4 Å². The lowest BCUT2D eigenvalue weighted by molar-refractivity contribution is -0.134. The van der Waals surface area contributed by atoms with Crippen LogP contribution in [0.2, 0.25) is 0 Å². The molecule has 1 saturated heterocycles. The van der Waals surface area contributed by atoms with Gasteiger partial charge in [-0.3, -0.25) is 19.3 Å². The molecule has 150 valence electrons. The topological polar surface area (TPSA) is 108 Å². The largest absolute Gasteiger partial charge is 0.326 e. The summed E-state index contributed by atoms with van der Waals surface area (Å²) in [6, 6.07) is 7.91. The Bertz CT molecular complexity index is 1000. The van der Waals surface area contributed by atoms with Crippen LogP contribution in [0, 0.1) is 0 Å². The molecule has 8 nitrogen and oxygen atoms in total. The second-order valence-corrected chi connectivity index (χ2v) is 8.15. The minimum Gasteiger partial charge on any atom is -0.326 e. The lowest BCUT2D eigenvalue weighted by atomic mass is 9.80. The molecule has 1 fully saturated rings. The first-order chi connectivity index (χ1) is 13.9. The van der Waals surface area contributed by atoms with Crippen LogP contribution < -0.4 is 16.0 Å². The van der Waals surface area contributed by atoms with Crippen LogP contribution in [0.3, 0.4) is 0 Å². The normalized spacial score (nSPS) is 20.4. The van der Waals surface area contributed by atoms with E-state index in [1.165, 1.54) is 6.92 Å². The molecule has 9 heteroatoms. The standard InChI is InChI=1S/C20H20N4O4S/c1-12(25)21-13-4-6-14(7-5-13)22-17(26)11-24-18(27)20(23-19(24)28)9-2-3-16-15(20)8-10-29-16/h4-8,10H,2-3,9,11H2,1H3,(H,21,25)(H,22,26)(H,23,28)/t20-/m0/s1. The molecule has 3 N–H and O–H groups in total. The number of carbonyl (C=O) groups is 4. The van der Waals surface area contributed by atoms with Gasteiger partial charge in [-0.05, 0) is 55.0 Å². The second-order valence-electron chi connectivity index (χ2n) is 7.14. The molecule has 1 spiro atoms. The molecule has 0 bridgehead atoms. The number of hydrogen-bond acceptors (Lipinski definition) is 5. The molecular formula is C20H20N4O4S. The van der Waals surface area contributed by atoms with Crippen LogP contribution in [-0.4, -0.2) is 35.2 Å². The number of thiophene rings is 1. The predicted octanol–water partition coefficient (Wildman–Crippen LogP) is 2.43. The number of hydrogen-bond donors (Lipinski definition) is 3. The number of fused-ring (bicyclic) bond motifs is 2. The van der Waals surface area contributed by atoms with Crippen LogP contribution in [0.25, 0.3) is 0 Å². The van der Waals surface area contributed by atoms with Gasteiger partial charge in [-0.1, -0.05) is 0 Å². The molecule has 1 aromatic heterocycles. The van der Waals surface area contributed by atoms with Crippen LogP contribution in [-0.2, 0) is 26.3 Å². The van der Waals surface area contributed by atoms with Crippen molar-refractivity contribution < 1.29 is 19.2 Å². The van der Waals surface area contributed by atoms with Gasteiger partial charge in [0, 0.05) is 28.7 Å². The van der Waals surface area contributed by atoms with Gasteiger partial charge < -0.3 is 16.0 Å². The second kappa shape index (κ2) is 7.32. The Labute approximate surface area is 171 Å². The number of anilines is 2.